The molecule has 0 atom stereocenters. The Morgan fingerprint density at radius 3 is 2.86 bits per heavy atom. The highest BCUT2D eigenvalue weighted by molar-refractivity contribution is 6.02. The Labute approximate surface area is 200 Å². The number of carbonyl (C=O) groups is 3. The molecule has 3 aromatic rings. The molecular weight excluding hydrogens is 457 g/mol. The van der Waals surface area contributed by atoms with Gasteiger partial charge in [-0.3, -0.25) is 19.3 Å². The lowest BCUT2D eigenvalue weighted by molar-refractivity contribution is -0.121. The molecule has 0 radical (unpaired) electrons. The number of amides is 2. The summed E-state index contributed by atoms with van der Waals surface area (Å²) in [6.45, 7) is 3.59. The number of ketones is 1. The minimum absolute atomic E-state index is 0.0147. The maximum atomic E-state index is 13.9. The number of ether oxygens (including phenoxy) is 2. The van der Waals surface area contributed by atoms with Gasteiger partial charge in [0.1, 0.15) is 18.6 Å². The van der Waals surface area contributed by atoms with Gasteiger partial charge in [-0.2, -0.15) is 0 Å². The fraction of sp³-hybridized carbons (Fsp3) is 0.280. The van der Waals surface area contributed by atoms with Crippen LogP contribution >= 0.6 is 0 Å². The zero-order chi connectivity index (χ0) is 24.9. The SMILES string of the molecule is CCCNC(=O)c1coc(CN2C(=O)COc3ccc(C(=O)COc4cc(C)ccc4F)cc32)n1. The number of benzene rings is 2. The van der Waals surface area contributed by atoms with E-state index in [1.54, 1.807) is 25.1 Å². The molecule has 0 saturated heterocycles. The third kappa shape index (κ3) is 5.48. The van der Waals surface area contributed by atoms with E-state index in [-0.39, 0.29) is 54.5 Å². The predicted octanol–water partition coefficient (Wildman–Crippen LogP) is 3.45. The first-order valence-electron chi connectivity index (χ1n) is 11.1. The Morgan fingerprint density at radius 2 is 2.06 bits per heavy atom. The van der Waals surface area contributed by atoms with Crippen LogP contribution in [0.5, 0.6) is 11.5 Å². The summed E-state index contributed by atoms with van der Waals surface area (Å²) < 4.78 is 30.2. The monoisotopic (exact) mass is 481 g/mol. The molecule has 0 spiro atoms. The van der Waals surface area contributed by atoms with Crippen molar-refractivity contribution in [3.63, 3.8) is 0 Å². The predicted molar refractivity (Wildman–Crippen MR) is 123 cm³/mol. The van der Waals surface area contributed by atoms with Gasteiger partial charge in [0.2, 0.25) is 5.89 Å². The first-order valence-corrected chi connectivity index (χ1v) is 11.1. The van der Waals surface area contributed by atoms with Gasteiger partial charge in [0.25, 0.3) is 11.8 Å². The molecule has 4 rings (SSSR count). The van der Waals surface area contributed by atoms with E-state index in [9.17, 15) is 18.8 Å². The molecule has 0 aliphatic carbocycles. The number of halogens is 1. The average Bonchev–Trinajstić information content (AvgIpc) is 3.33. The molecule has 0 bridgehead atoms. The average molecular weight is 481 g/mol. The second-order valence-electron chi connectivity index (χ2n) is 7.98. The molecule has 0 unspecified atom stereocenters. The standard InChI is InChI=1S/C25H24FN3O6/c1-3-8-27-25(32)18-12-35-23(28-18)11-29-19-10-16(5-7-21(19)34-14-24(29)31)20(30)13-33-22-9-15(2)4-6-17(22)26/h4-7,9-10,12H,3,8,11,13-14H2,1-2H3,(H,27,32). The van der Waals surface area contributed by atoms with Crippen LogP contribution in [0, 0.1) is 12.7 Å². The summed E-state index contributed by atoms with van der Waals surface area (Å²) in [6, 6.07) is 9.02. The van der Waals surface area contributed by atoms with Gasteiger partial charge < -0.3 is 19.2 Å². The highest BCUT2D eigenvalue weighted by Crippen LogP contribution is 2.34. The number of hydrogen-bond donors (Lipinski definition) is 1. The lowest BCUT2D eigenvalue weighted by Crippen LogP contribution is -2.38. The van der Waals surface area contributed by atoms with Crippen LogP contribution in [0.2, 0.25) is 0 Å². The van der Waals surface area contributed by atoms with Crippen LogP contribution in [0.4, 0.5) is 10.1 Å². The summed E-state index contributed by atoms with van der Waals surface area (Å²) >= 11 is 0. The second-order valence-corrected chi connectivity index (χ2v) is 7.98. The number of hydrogen-bond acceptors (Lipinski definition) is 7. The maximum Gasteiger partial charge on any atom is 0.273 e. The third-order valence-corrected chi connectivity index (χ3v) is 5.28. The van der Waals surface area contributed by atoms with Gasteiger partial charge in [-0.15, -0.1) is 0 Å². The fourth-order valence-electron chi connectivity index (χ4n) is 3.45. The molecule has 1 aromatic heterocycles. The molecule has 2 heterocycles. The largest absolute Gasteiger partial charge is 0.482 e. The molecule has 35 heavy (non-hydrogen) atoms. The smallest absolute Gasteiger partial charge is 0.273 e. The van der Waals surface area contributed by atoms with Gasteiger partial charge in [-0.1, -0.05) is 13.0 Å². The first kappa shape index (κ1) is 23.9. The molecule has 0 saturated carbocycles. The molecule has 0 fully saturated rings. The van der Waals surface area contributed by atoms with Crippen LogP contribution in [0.15, 0.2) is 47.1 Å². The van der Waals surface area contributed by atoms with E-state index in [2.05, 4.69) is 10.3 Å². The van der Waals surface area contributed by atoms with E-state index in [0.29, 0.717) is 18.0 Å². The van der Waals surface area contributed by atoms with Crippen molar-refractivity contribution in [3.05, 3.63) is 71.2 Å². The van der Waals surface area contributed by atoms with E-state index in [0.717, 1.165) is 12.0 Å². The third-order valence-electron chi connectivity index (χ3n) is 5.28. The first-order chi connectivity index (χ1) is 16.9. The number of aromatic nitrogens is 1. The van der Waals surface area contributed by atoms with Gasteiger partial charge in [0.05, 0.1) is 5.69 Å². The molecule has 1 aliphatic rings. The summed E-state index contributed by atoms with van der Waals surface area (Å²) in [5.74, 6) is -1.16. The summed E-state index contributed by atoms with van der Waals surface area (Å²) in [6.07, 6.45) is 2.01. The zero-order valence-electron chi connectivity index (χ0n) is 19.3. The fourth-order valence-corrected chi connectivity index (χ4v) is 3.45. The van der Waals surface area contributed by atoms with Crippen molar-refractivity contribution >= 4 is 23.3 Å². The van der Waals surface area contributed by atoms with Crippen LogP contribution in [0.25, 0.3) is 0 Å². The van der Waals surface area contributed by atoms with Crippen LogP contribution in [0.3, 0.4) is 0 Å². The van der Waals surface area contributed by atoms with Crippen LogP contribution in [-0.2, 0) is 11.3 Å². The Bertz CT molecular complexity index is 1270. The summed E-state index contributed by atoms with van der Waals surface area (Å²) in [5.41, 5.74) is 1.52. The Kier molecular flexibility index (Phi) is 7.09. The highest BCUT2D eigenvalue weighted by atomic mass is 19.1. The van der Waals surface area contributed by atoms with E-state index < -0.39 is 11.6 Å². The molecule has 182 valence electrons. The number of aryl methyl sites for hydroxylation is 1. The molecular formula is C25H24FN3O6. The maximum absolute atomic E-state index is 13.9. The zero-order valence-corrected chi connectivity index (χ0v) is 19.3. The summed E-state index contributed by atoms with van der Waals surface area (Å²) in [5, 5.41) is 2.71. The number of fused-ring (bicyclic) bond motifs is 1. The van der Waals surface area contributed by atoms with Crippen molar-refractivity contribution in [1.82, 2.24) is 10.3 Å². The second kappa shape index (κ2) is 10.4. The van der Waals surface area contributed by atoms with Crippen LogP contribution in [-0.4, -0.2) is 42.3 Å². The van der Waals surface area contributed by atoms with Crippen LogP contribution in [0.1, 0.15) is 45.6 Å². The topological polar surface area (TPSA) is 111 Å². The van der Waals surface area contributed by atoms with Gasteiger partial charge in [0.15, 0.2) is 36.3 Å². The number of nitrogens with one attached hydrogen (secondary N) is 1. The van der Waals surface area contributed by atoms with Crippen molar-refractivity contribution in [3.8, 4) is 11.5 Å². The number of rotatable bonds is 9. The van der Waals surface area contributed by atoms with Crippen molar-refractivity contribution < 1.29 is 32.7 Å². The summed E-state index contributed by atoms with van der Waals surface area (Å²) in [4.78, 5) is 43.0. The van der Waals surface area contributed by atoms with Gasteiger partial charge >= 0.3 is 0 Å². The van der Waals surface area contributed by atoms with Crippen molar-refractivity contribution in [2.24, 2.45) is 0 Å². The van der Waals surface area contributed by atoms with Gasteiger partial charge in [-0.05, 0) is 49.2 Å². The van der Waals surface area contributed by atoms with E-state index >= 15 is 0 Å². The van der Waals surface area contributed by atoms with Crippen molar-refractivity contribution in [2.45, 2.75) is 26.8 Å². The Balaban J connectivity index is 1.50. The molecule has 9 nitrogen and oxygen atoms in total. The number of Topliss-reactive ketones (excluding diaryl/α,β-unsaturated/α-hetero) is 1. The molecule has 1 N–H and O–H groups in total. The summed E-state index contributed by atoms with van der Waals surface area (Å²) in [7, 11) is 0. The molecule has 2 amide bonds. The van der Waals surface area contributed by atoms with E-state index in [4.69, 9.17) is 13.9 Å². The Morgan fingerprint density at radius 1 is 1.23 bits per heavy atom. The molecule has 2 aromatic carbocycles. The molecule has 10 heteroatoms. The number of nitrogens with zero attached hydrogens (tertiary/aromatic N) is 2. The number of carbonyl (C=O) groups excluding carboxylic acids is 3. The molecule has 1 aliphatic heterocycles. The Hall–Kier alpha value is -4.21. The lowest BCUT2D eigenvalue weighted by atomic mass is 10.1. The van der Waals surface area contributed by atoms with Gasteiger partial charge in [0, 0.05) is 12.1 Å². The highest BCUT2D eigenvalue weighted by Gasteiger charge is 2.28. The van der Waals surface area contributed by atoms with E-state index in [1.165, 1.54) is 29.4 Å². The lowest BCUT2D eigenvalue weighted by Gasteiger charge is -2.28. The van der Waals surface area contributed by atoms with E-state index in [1.807, 2.05) is 6.92 Å². The minimum atomic E-state index is -0.562. The minimum Gasteiger partial charge on any atom is -0.482 e. The van der Waals surface area contributed by atoms with Crippen molar-refractivity contribution in [2.75, 3.05) is 24.7 Å². The number of anilines is 1. The van der Waals surface area contributed by atoms with Crippen LogP contribution < -0.4 is 19.7 Å². The van der Waals surface area contributed by atoms with Gasteiger partial charge in [-0.25, -0.2) is 9.37 Å². The quantitative estimate of drug-likeness (QED) is 0.466. The normalized spacial score (nSPS) is 12.7. The number of oxazole rings is 1. The van der Waals surface area contributed by atoms with Crippen molar-refractivity contribution in [1.29, 1.82) is 0 Å².